The van der Waals surface area contributed by atoms with Crippen LogP contribution in [0.5, 0.6) is 5.75 Å². The van der Waals surface area contributed by atoms with Gasteiger partial charge in [-0.2, -0.15) is 0 Å². The summed E-state index contributed by atoms with van der Waals surface area (Å²) in [5.41, 5.74) is 2.03. The molecule has 0 bridgehead atoms. The minimum absolute atomic E-state index is 0.178. The van der Waals surface area contributed by atoms with Gasteiger partial charge in [-0.05, 0) is 81.0 Å². The third-order valence-corrected chi connectivity index (χ3v) is 5.08. The number of fused-ring (bicyclic) bond motifs is 1. The highest BCUT2D eigenvalue weighted by atomic mass is 16.5. The lowest BCUT2D eigenvalue weighted by Crippen LogP contribution is -2.48. The van der Waals surface area contributed by atoms with Gasteiger partial charge in [0.25, 0.3) is 5.91 Å². The van der Waals surface area contributed by atoms with Crippen LogP contribution in [0.4, 0.5) is 5.69 Å². The molecule has 0 spiro atoms. The lowest BCUT2D eigenvalue weighted by Gasteiger charge is -2.41. The number of ether oxygens (including phenoxy) is 1. The molecule has 1 aromatic carbocycles. The normalized spacial score (nSPS) is 15.1. The van der Waals surface area contributed by atoms with Crippen molar-refractivity contribution in [3.63, 3.8) is 0 Å². The van der Waals surface area contributed by atoms with Crippen molar-refractivity contribution in [3.8, 4) is 5.75 Å². The highest BCUT2D eigenvalue weighted by Crippen LogP contribution is 2.40. The predicted octanol–water partition coefficient (Wildman–Crippen LogP) is 5.73. The molecule has 2 aromatic heterocycles. The Kier molecular flexibility index (Phi) is 5.69. The van der Waals surface area contributed by atoms with Crippen molar-refractivity contribution in [1.82, 2.24) is 0 Å². The summed E-state index contributed by atoms with van der Waals surface area (Å²) in [6.45, 7) is 5.93. The highest BCUT2D eigenvalue weighted by molar-refractivity contribution is 6.08. The number of carbonyl (C=O) groups excluding carboxylic acids is 2. The van der Waals surface area contributed by atoms with Gasteiger partial charge in [0.05, 0.1) is 23.8 Å². The summed E-state index contributed by atoms with van der Waals surface area (Å²) in [4.78, 5) is 27.0. The van der Waals surface area contributed by atoms with Crippen LogP contribution < -0.4 is 9.64 Å². The average molecular weight is 429 g/mol. The molecule has 3 heterocycles. The maximum atomic E-state index is 13.1. The number of rotatable bonds is 5. The molecule has 0 N–H and O–H groups in total. The summed E-state index contributed by atoms with van der Waals surface area (Å²) >= 11 is 0. The second-order valence-corrected chi connectivity index (χ2v) is 7.95. The van der Waals surface area contributed by atoms with Crippen LogP contribution in [0, 0.1) is 0 Å². The Morgan fingerprint density at radius 2 is 1.62 bits per heavy atom. The summed E-state index contributed by atoms with van der Waals surface area (Å²) < 4.78 is 15.9. The van der Waals surface area contributed by atoms with Crippen molar-refractivity contribution in [2.45, 2.75) is 26.3 Å². The number of allylic oxidation sites excluding steroid dienone is 1. The molecule has 6 heteroatoms. The third-order valence-electron chi connectivity index (χ3n) is 5.08. The fourth-order valence-electron chi connectivity index (χ4n) is 3.78. The first-order valence-corrected chi connectivity index (χ1v) is 10.2. The molecule has 0 radical (unpaired) electrons. The Bertz CT molecular complexity index is 1210. The standard InChI is InChI=1S/C26H23NO5/c1-18-17-26(2,3)27(24(28)12-9-19-6-4-14-30-19)23-11-8-21(16-22(18)23)32-25(29)13-10-20-7-5-15-31-20/h4-17H,1-3H3/b12-9-,13-10+. The molecule has 1 amide bonds. The quantitative estimate of drug-likeness (QED) is 0.294. The molecular weight excluding hydrogens is 406 g/mol. The van der Waals surface area contributed by atoms with Crippen LogP contribution in [0.15, 0.2) is 82.1 Å². The number of amides is 1. The second kappa shape index (κ2) is 8.59. The van der Waals surface area contributed by atoms with Gasteiger partial charge in [-0.15, -0.1) is 0 Å². The van der Waals surface area contributed by atoms with Crippen LogP contribution in [-0.2, 0) is 9.59 Å². The van der Waals surface area contributed by atoms with Gasteiger partial charge in [0, 0.05) is 17.7 Å². The van der Waals surface area contributed by atoms with Gasteiger partial charge >= 0.3 is 5.97 Å². The lowest BCUT2D eigenvalue weighted by atomic mass is 9.88. The van der Waals surface area contributed by atoms with Crippen molar-refractivity contribution in [2.75, 3.05) is 4.90 Å². The first kappa shape index (κ1) is 21.2. The number of furan rings is 2. The number of hydrogen-bond acceptors (Lipinski definition) is 5. The molecule has 3 aromatic rings. The molecule has 0 saturated heterocycles. The van der Waals surface area contributed by atoms with Gasteiger partial charge in [0.15, 0.2) is 0 Å². The van der Waals surface area contributed by atoms with E-state index in [9.17, 15) is 9.59 Å². The van der Waals surface area contributed by atoms with E-state index in [1.807, 2.05) is 26.8 Å². The van der Waals surface area contributed by atoms with E-state index >= 15 is 0 Å². The van der Waals surface area contributed by atoms with Crippen molar-refractivity contribution in [1.29, 1.82) is 0 Å². The van der Waals surface area contributed by atoms with Crippen LogP contribution in [0.3, 0.4) is 0 Å². The molecule has 1 aliphatic heterocycles. The molecule has 0 saturated carbocycles. The third kappa shape index (κ3) is 4.49. The maximum absolute atomic E-state index is 13.1. The van der Waals surface area contributed by atoms with Gasteiger partial charge < -0.3 is 13.6 Å². The summed E-state index contributed by atoms with van der Waals surface area (Å²) in [6.07, 6.45) is 11.1. The molecule has 0 aliphatic carbocycles. The van der Waals surface area contributed by atoms with E-state index in [1.54, 1.807) is 65.8 Å². The number of hydrogen-bond donors (Lipinski definition) is 0. The Hall–Kier alpha value is -4.06. The largest absolute Gasteiger partial charge is 0.465 e. The van der Waals surface area contributed by atoms with E-state index in [0.29, 0.717) is 17.3 Å². The maximum Gasteiger partial charge on any atom is 0.336 e. The fourth-order valence-corrected chi connectivity index (χ4v) is 3.78. The monoisotopic (exact) mass is 429 g/mol. The highest BCUT2D eigenvalue weighted by Gasteiger charge is 2.35. The molecule has 1 aliphatic rings. The van der Waals surface area contributed by atoms with Crippen molar-refractivity contribution < 1.29 is 23.2 Å². The number of anilines is 1. The first-order chi connectivity index (χ1) is 15.3. The molecule has 4 rings (SSSR count). The van der Waals surface area contributed by atoms with E-state index in [0.717, 1.165) is 16.8 Å². The van der Waals surface area contributed by atoms with Gasteiger partial charge in [-0.1, -0.05) is 6.08 Å². The predicted molar refractivity (Wildman–Crippen MR) is 123 cm³/mol. The van der Waals surface area contributed by atoms with Crippen LogP contribution in [-0.4, -0.2) is 17.4 Å². The molecule has 0 fully saturated rings. The Labute approximate surface area is 186 Å². The zero-order valence-electron chi connectivity index (χ0n) is 18.1. The van der Waals surface area contributed by atoms with Gasteiger partial charge in [-0.25, -0.2) is 4.79 Å². The molecule has 6 nitrogen and oxygen atoms in total. The number of nitrogens with zero attached hydrogens (tertiary/aromatic N) is 1. The summed E-state index contributed by atoms with van der Waals surface area (Å²) in [5.74, 6) is 0.856. The smallest absolute Gasteiger partial charge is 0.336 e. The van der Waals surface area contributed by atoms with Crippen LogP contribution in [0.2, 0.25) is 0 Å². The lowest BCUT2D eigenvalue weighted by molar-refractivity contribution is -0.129. The van der Waals surface area contributed by atoms with E-state index in [2.05, 4.69) is 0 Å². The molecule has 0 atom stereocenters. The zero-order chi connectivity index (χ0) is 22.7. The van der Waals surface area contributed by atoms with Gasteiger partial charge in [-0.3, -0.25) is 9.69 Å². The minimum atomic E-state index is -0.536. The van der Waals surface area contributed by atoms with Gasteiger partial charge in [0.1, 0.15) is 17.3 Å². The van der Waals surface area contributed by atoms with Crippen molar-refractivity contribution in [3.05, 3.63) is 90.3 Å². The van der Waals surface area contributed by atoms with Crippen LogP contribution >= 0.6 is 0 Å². The number of esters is 1. The summed E-state index contributed by atoms with van der Waals surface area (Å²) in [7, 11) is 0. The van der Waals surface area contributed by atoms with Gasteiger partial charge in [0.2, 0.25) is 0 Å². The summed E-state index contributed by atoms with van der Waals surface area (Å²) in [5, 5.41) is 0. The average Bonchev–Trinajstić information content (AvgIpc) is 3.45. The van der Waals surface area contributed by atoms with E-state index in [4.69, 9.17) is 13.6 Å². The number of benzene rings is 1. The molecule has 0 unspecified atom stereocenters. The van der Waals surface area contributed by atoms with E-state index < -0.39 is 11.5 Å². The topological polar surface area (TPSA) is 72.9 Å². The van der Waals surface area contributed by atoms with E-state index in [1.165, 1.54) is 18.4 Å². The first-order valence-electron chi connectivity index (χ1n) is 10.2. The SMILES string of the molecule is CC1=CC(C)(C)N(C(=O)/C=C\c2ccco2)c2ccc(OC(=O)/C=C/c3ccco3)cc21. The minimum Gasteiger partial charge on any atom is -0.465 e. The van der Waals surface area contributed by atoms with Crippen LogP contribution in [0.1, 0.15) is 37.9 Å². The molecular formula is C26H23NO5. The fraction of sp³-hybridized carbons (Fsp3) is 0.154. The Morgan fingerprint density at radius 3 is 2.25 bits per heavy atom. The molecule has 32 heavy (non-hydrogen) atoms. The molecule has 162 valence electrons. The Balaban J connectivity index is 1.58. The number of carbonyl (C=O) groups is 2. The van der Waals surface area contributed by atoms with Crippen molar-refractivity contribution >= 4 is 35.3 Å². The van der Waals surface area contributed by atoms with E-state index in [-0.39, 0.29) is 5.91 Å². The summed E-state index contributed by atoms with van der Waals surface area (Å²) in [6, 6.07) is 12.3. The van der Waals surface area contributed by atoms with Crippen LogP contribution in [0.25, 0.3) is 17.7 Å². The van der Waals surface area contributed by atoms with Crippen molar-refractivity contribution in [2.24, 2.45) is 0 Å². The second-order valence-electron chi connectivity index (χ2n) is 7.95. The Morgan fingerprint density at radius 1 is 0.969 bits per heavy atom. The zero-order valence-corrected chi connectivity index (χ0v) is 18.1.